The maximum Gasteiger partial charge on any atom is 0.300 e. The lowest BCUT2D eigenvalue weighted by Crippen LogP contribution is -1.78. The molecule has 0 fully saturated rings. The predicted molar refractivity (Wildman–Crippen MR) is 49.2 cm³/mol. The van der Waals surface area contributed by atoms with Crippen LogP contribution in [0.1, 0.15) is 6.92 Å². The third kappa shape index (κ3) is 6.89. The molecule has 0 aromatic heterocycles. The van der Waals surface area contributed by atoms with Crippen LogP contribution in [0.3, 0.4) is 0 Å². The summed E-state index contributed by atoms with van der Waals surface area (Å²) in [4.78, 5) is 11.5. The van der Waals surface area contributed by atoms with Crippen molar-refractivity contribution >= 4 is 23.4 Å². The second-order valence-corrected chi connectivity index (χ2v) is 2.17. The van der Waals surface area contributed by atoms with Crippen LogP contribution in [0.5, 0.6) is 0 Å². The van der Waals surface area contributed by atoms with Crippen LogP contribution in [0.2, 0.25) is 0 Å². The van der Waals surface area contributed by atoms with Gasteiger partial charge < -0.3 is 5.11 Å². The molecule has 0 saturated heterocycles. The van der Waals surface area contributed by atoms with Gasteiger partial charge in [0, 0.05) is 24.4 Å². The number of rotatable bonds is 1. The highest BCUT2D eigenvalue weighted by molar-refractivity contribution is 6.23. The van der Waals surface area contributed by atoms with Crippen LogP contribution in [-0.2, 0) is 4.79 Å². The summed E-state index contributed by atoms with van der Waals surface area (Å²) < 4.78 is 0. The lowest BCUT2D eigenvalue weighted by molar-refractivity contribution is -0.134. The monoisotopic (exact) mass is 187 g/mol. The van der Waals surface area contributed by atoms with Crippen LogP contribution >= 0.6 is 11.8 Å². The van der Waals surface area contributed by atoms with Crippen LogP contribution in [0, 0.1) is 0 Å². The highest BCUT2D eigenvalue weighted by Gasteiger charge is 1.79. The highest BCUT2D eigenvalue weighted by atomic mass is 35.5. The molecule has 0 bridgehead atoms. The summed E-state index contributed by atoms with van der Waals surface area (Å²) in [6.45, 7) is 1.08. The van der Waals surface area contributed by atoms with E-state index in [4.69, 9.17) is 21.7 Å². The molecule has 0 aliphatic carbocycles. The van der Waals surface area contributed by atoms with Gasteiger partial charge in [0.05, 0.1) is 0 Å². The number of anilines is 1. The largest absolute Gasteiger partial charge is 0.481 e. The van der Waals surface area contributed by atoms with Gasteiger partial charge in [0.25, 0.3) is 5.97 Å². The van der Waals surface area contributed by atoms with E-state index in [0.29, 0.717) is 0 Å². The molecule has 2 N–H and O–H groups in total. The Morgan fingerprint density at radius 2 is 1.83 bits per heavy atom. The molecule has 12 heavy (non-hydrogen) atoms. The van der Waals surface area contributed by atoms with Gasteiger partial charge in [-0.15, -0.1) is 0 Å². The molecular formula is C8H10ClNO2. The van der Waals surface area contributed by atoms with Crippen molar-refractivity contribution < 1.29 is 9.90 Å². The Morgan fingerprint density at radius 3 is 2.08 bits per heavy atom. The van der Waals surface area contributed by atoms with Crippen LogP contribution in [0.15, 0.2) is 30.3 Å². The number of nitrogens with one attached hydrogen (secondary N) is 1. The maximum atomic E-state index is 9.00. The van der Waals surface area contributed by atoms with E-state index >= 15 is 0 Å². The van der Waals surface area contributed by atoms with Crippen LogP contribution in [0.25, 0.3) is 0 Å². The Balaban J connectivity index is 0.000000261. The predicted octanol–water partition coefficient (Wildman–Crippen LogP) is 2.34. The summed E-state index contributed by atoms with van der Waals surface area (Å²) in [6, 6.07) is 9.58. The maximum absolute atomic E-state index is 9.00. The van der Waals surface area contributed by atoms with Gasteiger partial charge in [0.2, 0.25) is 0 Å². The standard InChI is InChI=1S/C6H6ClN.C2H4O2/c7-8-6-4-2-1-3-5-6;1-2(3)4/h1-5,8H;1H3,(H,3,4). The first-order valence-electron chi connectivity index (χ1n) is 3.28. The lowest BCUT2D eigenvalue weighted by Gasteiger charge is -1.91. The fourth-order valence-electron chi connectivity index (χ4n) is 0.501. The number of benzene rings is 1. The van der Waals surface area contributed by atoms with Crippen LogP contribution < -0.4 is 4.84 Å². The van der Waals surface area contributed by atoms with Crippen molar-refractivity contribution in [1.82, 2.24) is 0 Å². The first-order valence-corrected chi connectivity index (χ1v) is 3.66. The van der Waals surface area contributed by atoms with E-state index in [2.05, 4.69) is 4.84 Å². The van der Waals surface area contributed by atoms with Gasteiger partial charge >= 0.3 is 0 Å². The molecule has 1 rings (SSSR count). The average Bonchev–Trinajstić information content (AvgIpc) is 2.05. The number of carbonyl (C=O) groups is 1. The number of para-hydroxylation sites is 1. The van der Waals surface area contributed by atoms with Crippen LogP contribution in [-0.4, -0.2) is 11.1 Å². The van der Waals surface area contributed by atoms with Crippen molar-refractivity contribution in [2.45, 2.75) is 6.92 Å². The molecule has 0 aliphatic rings. The molecule has 3 nitrogen and oxygen atoms in total. The summed E-state index contributed by atoms with van der Waals surface area (Å²) in [7, 11) is 0. The Bertz CT molecular complexity index is 222. The van der Waals surface area contributed by atoms with Gasteiger partial charge in [-0.05, 0) is 12.1 Å². The van der Waals surface area contributed by atoms with Gasteiger partial charge in [-0.1, -0.05) is 18.2 Å². The van der Waals surface area contributed by atoms with Gasteiger partial charge in [-0.2, -0.15) is 0 Å². The van der Waals surface area contributed by atoms with E-state index in [9.17, 15) is 0 Å². The Kier molecular flexibility index (Phi) is 5.83. The van der Waals surface area contributed by atoms with E-state index in [1.54, 1.807) is 0 Å². The Morgan fingerprint density at radius 1 is 1.42 bits per heavy atom. The molecule has 0 spiro atoms. The van der Waals surface area contributed by atoms with E-state index in [-0.39, 0.29) is 0 Å². The van der Waals surface area contributed by atoms with Crippen LogP contribution in [0.4, 0.5) is 5.69 Å². The van der Waals surface area contributed by atoms with Crippen molar-refractivity contribution in [3.63, 3.8) is 0 Å². The van der Waals surface area contributed by atoms with E-state index in [1.807, 2.05) is 30.3 Å². The van der Waals surface area contributed by atoms with Crippen molar-refractivity contribution in [3.05, 3.63) is 30.3 Å². The summed E-state index contributed by atoms with van der Waals surface area (Å²) in [5.74, 6) is -0.833. The van der Waals surface area contributed by atoms with Gasteiger partial charge in [0.1, 0.15) is 0 Å². The molecule has 0 radical (unpaired) electrons. The zero-order valence-corrected chi connectivity index (χ0v) is 7.38. The van der Waals surface area contributed by atoms with E-state index in [1.165, 1.54) is 0 Å². The van der Waals surface area contributed by atoms with Crippen molar-refractivity contribution in [1.29, 1.82) is 0 Å². The second-order valence-electron chi connectivity index (χ2n) is 1.98. The minimum atomic E-state index is -0.833. The molecule has 0 heterocycles. The Labute approximate surface area is 76.1 Å². The minimum absolute atomic E-state index is 0.833. The molecule has 1 aromatic carbocycles. The smallest absolute Gasteiger partial charge is 0.300 e. The lowest BCUT2D eigenvalue weighted by atomic mass is 10.3. The molecule has 0 aliphatic heterocycles. The molecular weight excluding hydrogens is 178 g/mol. The number of hydrogen-bond donors (Lipinski definition) is 2. The van der Waals surface area contributed by atoms with E-state index in [0.717, 1.165) is 12.6 Å². The quantitative estimate of drug-likeness (QED) is 0.664. The third-order valence-electron chi connectivity index (χ3n) is 0.883. The highest BCUT2D eigenvalue weighted by Crippen LogP contribution is 2.04. The topological polar surface area (TPSA) is 49.3 Å². The molecule has 66 valence electrons. The number of hydrogen-bond acceptors (Lipinski definition) is 2. The number of carboxylic acid groups (broad SMARTS) is 1. The first-order chi connectivity index (χ1) is 5.66. The number of halogens is 1. The third-order valence-corrected chi connectivity index (χ3v) is 1.10. The molecule has 0 unspecified atom stereocenters. The molecule has 4 heteroatoms. The summed E-state index contributed by atoms with van der Waals surface area (Å²) in [6.07, 6.45) is 0. The molecule has 0 atom stereocenters. The van der Waals surface area contributed by atoms with Gasteiger partial charge in [-0.3, -0.25) is 9.63 Å². The number of aliphatic carboxylic acids is 1. The second kappa shape index (κ2) is 6.49. The SMILES string of the molecule is CC(=O)O.ClNc1ccccc1. The van der Waals surface area contributed by atoms with Crippen molar-refractivity contribution in [3.8, 4) is 0 Å². The summed E-state index contributed by atoms with van der Waals surface area (Å²) >= 11 is 5.28. The zero-order valence-electron chi connectivity index (χ0n) is 6.62. The molecule has 1 aromatic rings. The van der Waals surface area contributed by atoms with Crippen molar-refractivity contribution in [2.75, 3.05) is 4.84 Å². The first kappa shape index (κ1) is 10.8. The summed E-state index contributed by atoms with van der Waals surface area (Å²) in [5.41, 5.74) is 0.925. The zero-order chi connectivity index (χ0) is 9.40. The average molecular weight is 188 g/mol. The fraction of sp³-hybridized carbons (Fsp3) is 0.125. The van der Waals surface area contributed by atoms with Gasteiger partial charge in [0.15, 0.2) is 0 Å². The minimum Gasteiger partial charge on any atom is -0.481 e. The molecule has 0 saturated carbocycles. The van der Waals surface area contributed by atoms with E-state index < -0.39 is 5.97 Å². The molecule has 0 amide bonds. The van der Waals surface area contributed by atoms with Gasteiger partial charge in [-0.25, -0.2) is 0 Å². The van der Waals surface area contributed by atoms with Crippen molar-refractivity contribution in [2.24, 2.45) is 0 Å². The Hall–Kier alpha value is -1.22. The summed E-state index contributed by atoms with van der Waals surface area (Å²) in [5, 5.41) is 7.42. The normalized spacial score (nSPS) is 7.83. The number of carboxylic acids is 1. The fourth-order valence-corrected chi connectivity index (χ4v) is 0.627.